The van der Waals surface area contributed by atoms with E-state index in [4.69, 9.17) is 14.2 Å². The Kier molecular flexibility index (Phi) is 5.20. The van der Waals surface area contributed by atoms with Gasteiger partial charge in [0.25, 0.3) is 0 Å². The van der Waals surface area contributed by atoms with Gasteiger partial charge in [0.1, 0.15) is 0 Å². The molecule has 0 saturated carbocycles. The monoisotopic (exact) mass is 399 g/mol. The Hall–Kier alpha value is -2.09. The van der Waals surface area contributed by atoms with E-state index in [0.29, 0.717) is 31.7 Å². The van der Waals surface area contributed by atoms with E-state index < -0.39 is 0 Å². The van der Waals surface area contributed by atoms with Crippen LogP contribution in [0.25, 0.3) is 10.9 Å². The number of aromatic nitrogens is 1. The molecule has 2 saturated heterocycles. The van der Waals surface area contributed by atoms with E-state index in [9.17, 15) is 5.11 Å². The third-order valence-electron chi connectivity index (χ3n) is 6.33. The van der Waals surface area contributed by atoms with Crippen molar-refractivity contribution in [2.45, 2.75) is 44.4 Å². The minimum atomic E-state index is 0.196. The summed E-state index contributed by atoms with van der Waals surface area (Å²) >= 11 is 0. The number of rotatable bonds is 4. The van der Waals surface area contributed by atoms with Crippen LogP contribution in [0, 0.1) is 0 Å². The Balaban J connectivity index is 1.59. The number of nitrogens with one attached hydrogen (secondary N) is 1. The zero-order chi connectivity index (χ0) is 19.8. The zero-order valence-electron chi connectivity index (χ0n) is 16.9. The molecule has 3 aliphatic heterocycles. The first-order valence-electron chi connectivity index (χ1n) is 10.7. The summed E-state index contributed by atoms with van der Waals surface area (Å²) in [6.45, 7) is 6.05. The summed E-state index contributed by atoms with van der Waals surface area (Å²) in [5.41, 5.74) is 3.73. The second kappa shape index (κ2) is 7.97. The van der Waals surface area contributed by atoms with Crippen LogP contribution in [-0.4, -0.2) is 67.1 Å². The maximum atomic E-state index is 11.3. The minimum Gasteiger partial charge on any atom is -0.494 e. The fraction of sp³-hybridized carbons (Fsp3) is 0.591. The van der Waals surface area contributed by atoms with Gasteiger partial charge in [-0.05, 0) is 44.4 Å². The number of aliphatic imine (C=N–C) groups is 1. The second-order valence-corrected chi connectivity index (χ2v) is 8.14. The number of ether oxygens (including phenoxy) is 3. The standard InChI is InChI=1S/C22H29N3O4/c1-14-18(6-10-29-14)24-15-2-3-20-17(12-15)21(19-13-28-11-7-23-19)22(26)25(20)16-4-8-27-9-5-16/h2-3,12,14,16,18,24,26H,4-11,13H2,1H3. The molecule has 2 unspecified atom stereocenters. The third kappa shape index (κ3) is 3.52. The lowest BCUT2D eigenvalue weighted by atomic mass is 10.1. The largest absolute Gasteiger partial charge is 0.494 e. The van der Waals surface area contributed by atoms with E-state index in [1.807, 2.05) is 0 Å². The van der Waals surface area contributed by atoms with Crippen LogP contribution in [0.5, 0.6) is 5.88 Å². The minimum absolute atomic E-state index is 0.196. The summed E-state index contributed by atoms with van der Waals surface area (Å²) < 4.78 is 19.0. The molecule has 4 heterocycles. The van der Waals surface area contributed by atoms with Gasteiger partial charge in [-0.3, -0.25) is 4.99 Å². The van der Waals surface area contributed by atoms with Crippen LogP contribution in [0.4, 0.5) is 5.69 Å². The van der Waals surface area contributed by atoms with Crippen molar-refractivity contribution in [3.8, 4) is 5.88 Å². The van der Waals surface area contributed by atoms with E-state index in [2.05, 4.69) is 40.0 Å². The molecule has 1 aromatic heterocycles. The van der Waals surface area contributed by atoms with Crippen molar-refractivity contribution in [2.24, 2.45) is 4.99 Å². The zero-order valence-corrected chi connectivity index (χ0v) is 16.9. The Morgan fingerprint density at radius 2 is 1.97 bits per heavy atom. The molecule has 29 heavy (non-hydrogen) atoms. The average Bonchev–Trinajstić information content (AvgIpc) is 3.28. The first kappa shape index (κ1) is 18.9. The molecule has 5 rings (SSSR count). The molecular weight excluding hydrogens is 370 g/mol. The van der Waals surface area contributed by atoms with Crippen LogP contribution in [0.1, 0.15) is 37.8 Å². The van der Waals surface area contributed by atoms with Crippen LogP contribution < -0.4 is 5.32 Å². The summed E-state index contributed by atoms with van der Waals surface area (Å²) in [6.07, 6.45) is 3.00. The molecule has 0 amide bonds. The van der Waals surface area contributed by atoms with Gasteiger partial charge in [0.15, 0.2) is 0 Å². The normalized spacial score (nSPS) is 26.0. The fourth-order valence-electron chi connectivity index (χ4n) is 4.73. The highest BCUT2D eigenvalue weighted by molar-refractivity contribution is 6.14. The summed E-state index contributed by atoms with van der Waals surface area (Å²) in [6, 6.07) is 6.89. The maximum absolute atomic E-state index is 11.3. The number of hydrogen-bond acceptors (Lipinski definition) is 6. The van der Waals surface area contributed by atoms with E-state index in [1.54, 1.807) is 0 Å². The maximum Gasteiger partial charge on any atom is 0.201 e. The van der Waals surface area contributed by atoms with Crippen LogP contribution >= 0.6 is 0 Å². The van der Waals surface area contributed by atoms with Gasteiger partial charge in [0.05, 0.1) is 48.7 Å². The van der Waals surface area contributed by atoms with Crippen LogP contribution in [-0.2, 0) is 14.2 Å². The van der Waals surface area contributed by atoms with Gasteiger partial charge in [-0.1, -0.05) is 0 Å². The molecule has 1 aromatic carbocycles. The molecule has 2 fully saturated rings. The van der Waals surface area contributed by atoms with Crippen molar-refractivity contribution >= 4 is 22.3 Å². The molecule has 2 atom stereocenters. The first-order valence-corrected chi connectivity index (χ1v) is 10.7. The highest BCUT2D eigenvalue weighted by Crippen LogP contribution is 2.39. The number of aromatic hydroxyl groups is 1. The van der Waals surface area contributed by atoms with E-state index in [-0.39, 0.29) is 12.1 Å². The van der Waals surface area contributed by atoms with E-state index in [1.165, 1.54) is 0 Å². The summed E-state index contributed by atoms with van der Waals surface area (Å²) in [5.74, 6) is 0.297. The summed E-state index contributed by atoms with van der Waals surface area (Å²) in [5, 5.41) is 15.9. The smallest absolute Gasteiger partial charge is 0.201 e. The highest BCUT2D eigenvalue weighted by Gasteiger charge is 2.28. The van der Waals surface area contributed by atoms with Crippen molar-refractivity contribution in [2.75, 3.05) is 44.9 Å². The molecular formula is C22H29N3O4. The highest BCUT2D eigenvalue weighted by atomic mass is 16.5. The second-order valence-electron chi connectivity index (χ2n) is 8.14. The Bertz CT molecular complexity index is 916. The number of nitrogens with zero attached hydrogens (tertiary/aromatic N) is 2. The molecule has 0 aliphatic carbocycles. The molecule has 3 aliphatic rings. The molecule has 0 radical (unpaired) electrons. The molecule has 7 heteroatoms. The molecule has 0 spiro atoms. The molecule has 156 valence electrons. The predicted molar refractivity (Wildman–Crippen MR) is 112 cm³/mol. The lowest BCUT2D eigenvalue weighted by molar-refractivity contribution is 0.0688. The van der Waals surface area contributed by atoms with Crippen LogP contribution in [0.3, 0.4) is 0 Å². The van der Waals surface area contributed by atoms with Gasteiger partial charge >= 0.3 is 0 Å². The van der Waals surface area contributed by atoms with Gasteiger partial charge in [-0.25, -0.2) is 0 Å². The Morgan fingerprint density at radius 1 is 1.10 bits per heavy atom. The van der Waals surface area contributed by atoms with Gasteiger partial charge in [-0.15, -0.1) is 0 Å². The number of fused-ring (bicyclic) bond motifs is 1. The quantitative estimate of drug-likeness (QED) is 0.826. The van der Waals surface area contributed by atoms with Crippen LogP contribution in [0.15, 0.2) is 23.2 Å². The van der Waals surface area contributed by atoms with Crippen molar-refractivity contribution < 1.29 is 19.3 Å². The number of benzene rings is 1. The van der Waals surface area contributed by atoms with Crippen molar-refractivity contribution in [3.05, 3.63) is 23.8 Å². The average molecular weight is 399 g/mol. The van der Waals surface area contributed by atoms with E-state index >= 15 is 0 Å². The third-order valence-corrected chi connectivity index (χ3v) is 6.33. The molecule has 0 bridgehead atoms. The first-order chi connectivity index (χ1) is 14.2. The molecule has 2 aromatic rings. The molecule has 2 N–H and O–H groups in total. The van der Waals surface area contributed by atoms with Gasteiger partial charge < -0.3 is 29.2 Å². The van der Waals surface area contributed by atoms with Crippen molar-refractivity contribution in [1.82, 2.24) is 4.57 Å². The fourth-order valence-corrected chi connectivity index (χ4v) is 4.73. The van der Waals surface area contributed by atoms with Crippen molar-refractivity contribution in [3.63, 3.8) is 0 Å². The lowest BCUT2D eigenvalue weighted by Gasteiger charge is -2.25. The van der Waals surface area contributed by atoms with Crippen LogP contribution in [0.2, 0.25) is 0 Å². The number of hydrogen-bond donors (Lipinski definition) is 2. The van der Waals surface area contributed by atoms with Gasteiger partial charge in [-0.2, -0.15) is 0 Å². The van der Waals surface area contributed by atoms with E-state index in [0.717, 1.165) is 66.9 Å². The molecule has 7 nitrogen and oxygen atoms in total. The Labute approximate surface area is 170 Å². The summed E-state index contributed by atoms with van der Waals surface area (Å²) in [4.78, 5) is 4.67. The number of anilines is 1. The lowest BCUT2D eigenvalue weighted by Crippen LogP contribution is -2.26. The Morgan fingerprint density at radius 3 is 2.69 bits per heavy atom. The van der Waals surface area contributed by atoms with Crippen molar-refractivity contribution in [1.29, 1.82) is 0 Å². The topological polar surface area (TPSA) is 77.2 Å². The van der Waals surface area contributed by atoms with Gasteiger partial charge in [0.2, 0.25) is 5.88 Å². The summed E-state index contributed by atoms with van der Waals surface area (Å²) in [7, 11) is 0. The predicted octanol–water partition coefficient (Wildman–Crippen LogP) is 3.11. The SMILES string of the molecule is CC1OCCC1Nc1ccc2c(c1)c(C1=NCCOC1)c(O)n2C1CCOCC1. The van der Waals surface area contributed by atoms with Gasteiger partial charge in [0, 0.05) is 36.9 Å².